The third-order valence-corrected chi connectivity index (χ3v) is 2.92. The molecule has 0 atom stereocenters. The smallest absolute Gasteiger partial charge is 0.340 e. The SMILES string of the molecule is CCOC(=O)c1cc(I)cc2c1NC(=O)C2. The van der Waals surface area contributed by atoms with Gasteiger partial charge in [-0.05, 0) is 47.2 Å². The van der Waals surface area contributed by atoms with Crippen molar-refractivity contribution >= 4 is 40.2 Å². The van der Waals surface area contributed by atoms with Crippen LogP contribution in [0.2, 0.25) is 0 Å². The van der Waals surface area contributed by atoms with Gasteiger partial charge < -0.3 is 10.1 Å². The number of esters is 1. The number of halogens is 1. The van der Waals surface area contributed by atoms with Gasteiger partial charge in [0.2, 0.25) is 5.91 Å². The van der Waals surface area contributed by atoms with Gasteiger partial charge in [0.25, 0.3) is 0 Å². The van der Waals surface area contributed by atoms with Gasteiger partial charge in [-0.2, -0.15) is 0 Å². The Bertz CT molecular complexity index is 471. The van der Waals surface area contributed by atoms with Crippen LogP contribution in [0.15, 0.2) is 12.1 Å². The minimum Gasteiger partial charge on any atom is -0.462 e. The molecule has 1 aromatic rings. The van der Waals surface area contributed by atoms with E-state index < -0.39 is 0 Å². The van der Waals surface area contributed by atoms with Gasteiger partial charge >= 0.3 is 5.97 Å². The Morgan fingerprint density at radius 2 is 2.31 bits per heavy atom. The molecule has 0 aromatic heterocycles. The fraction of sp³-hybridized carbons (Fsp3) is 0.273. The van der Waals surface area contributed by atoms with Crippen molar-refractivity contribution in [3.05, 3.63) is 26.8 Å². The summed E-state index contributed by atoms with van der Waals surface area (Å²) < 4.78 is 5.88. The van der Waals surface area contributed by atoms with Crippen LogP contribution in [-0.4, -0.2) is 18.5 Å². The minimum atomic E-state index is -0.389. The minimum absolute atomic E-state index is 0.0810. The van der Waals surface area contributed by atoms with Crippen LogP contribution in [0.5, 0.6) is 0 Å². The number of nitrogens with one attached hydrogen (secondary N) is 1. The molecule has 0 saturated carbocycles. The van der Waals surface area contributed by atoms with Crippen molar-refractivity contribution in [2.45, 2.75) is 13.3 Å². The summed E-state index contributed by atoms with van der Waals surface area (Å²) in [5.41, 5.74) is 1.90. The Morgan fingerprint density at radius 3 is 3.00 bits per heavy atom. The van der Waals surface area contributed by atoms with Crippen LogP contribution in [0.4, 0.5) is 5.69 Å². The van der Waals surface area contributed by atoms with E-state index >= 15 is 0 Å². The second kappa shape index (κ2) is 4.40. The summed E-state index contributed by atoms with van der Waals surface area (Å²) in [6.07, 6.45) is 0.332. The standard InChI is InChI=1S/C11H10INO3/c1-2-16-11(15)8-5-7(12)3-6-4-9(14)13-10(6)8/h3,5H,2,4H2,1H3,(H,13,14). The monoisotopic (exact) mass is 331 g/mol. The lowest BCUT2D eigenvalue weighted by Gasteiger charge is -2.08. The molecule has 0 bridgehead atoms. The van der Waals surface area contributed by atoms with Crippen molar-refractivity contribution < 1.29 is 14.3 Å². The Morgan fingerprint density at radius 1 is 1.56 bits per heavy atom. The van der Waals surface area contributed by atoms with Crippen molar-refractivity contribution in [2.75, 3.05) is 11.9 Å². The highest BCUT2D eigenvalue weighted by Gasteiger charge is 2.25. The Labute approximate surface area is 106 Å². The average Bonchev–Trinajstić information content (AvgIpc) is 2.57. The zero-order valence-corrected chi connectivity index (χ0v) is 10.8. The highest BCUT2D eigenvalue weighted by molar-refractivity contribution is 14.1. The summed E-state index contributed by atoms with van der Waals surface area (Å²) in [5.74, 6) is -0.470. The third kappa shape index (κ3) is 2.04. The van der Waals surface area contributed by atoms with E-state index in [-0.39, 0.29) is 11.9 Å². The van der Waals surface area contributed by atoms with Crippen molar-refractivity contribution in [3.63, 3.8) is 0 Å². The molecule has 0 fully saturated rings. The van der Waals surface area contributed by atoms with E-state index in [2.05, 4.69) is 27.9 Å². The van der Waals surface area contributed by atoms with Crippen LogP contribution in [0.25, 0.3) is 0 Å². The van der Waals surface area contributed by atoms with Crippen LogP contribution in [0.1, 0.15) is 22.8 Å². The number of carbonyl (C=O) groups is 2. The zero-order chi connectivity index (χ0) is 11.7. The fourth-order valence-corrected chi connectivity index (χ4v) is 2.36. The molecule has 0 radical (unpaired) electrons. The van der Waals surface area contributed by atoms with Crippen LogP contribution in [-0.2, 0) is 16.0 Å². The average molecular weight is 331 g/mol. The maximum absolute atomic E-state index is 11.7. The summed E-state index contributed by atoms with van der Waals surface area (Å²) in [4.78, 5) is 23.0. The summed E-state index contributed by atoms with van der Waals surface area (Å²) in [5, 5.41) is 2.69. The van der Waals surface area contributed by atoms with Gasteiger partial charge in [-0.25, -0.2) is 4.79 Å². The maximum atomic E-state index is 11.7. The largest absolute Gasteiger partial charge is 0.462 e. The zero-order valence-electron chi connectivity index (χ0n) is 8.67. The number of amides is 1. The van der Waals surface area contributed by atoms with Crippen LogP contribution in [0, 0.1) is 3.57 Å². The molecular formula is C11H10INO3. The van der Waals surface area contributed by atoms with E-state index in [9.17, 15) is 9.59 Å². The van der Waals surface area contributed by atoms with Gasteiger partial charge in [-0.15, -0.1) is 0 Å². The van der Waals surface area contributed by atoms with Crippen LogP contribution >= 0.6 is 22.6 Å². The number of rotatable bonds is 2. The molecule has 0 aliphatic carbocycles. The van der Waals surface area contributed by atoms with E-state index in [1.54, 1.807) is 13.0 Å². The molecule has 4 nitrogen and oxygen atoms in total. The van der Waals surface area contributed by atoms with Gasteiger partial charge in [0.05, 0.1) is 24.3 Å². The van der Waals surface area contributed by atoms with Crippen molar-refractivity contribution in [1.29, 1.82) is 0 Å². The molecule has 1 aliphatic heterocycles. The van der Waals surface area contributed by atoms with Crippen molar-refractivity contribution in [2.24, 2.45) is 0 Å². The molecule has 1 aliphatic rings. The number of fused-ring (bicyclic) bond motifs is 1. The summed E-state index contributed by atoms with van der Waals surface area (Å²) in [6.45, 7) is 2.08. The summed E-state index contributed by atoms with van der Waals surface area (Å²) >= 11 is 2.12. The molecule has 0 saturated heterocycles. The van der Waals surface area contributed by atoms with Crippen molar-refractivity contribution in [3.8, 4) is 0 Å². The van der Waals surface area contributed by atoms with Gasteiger partial charge in [-0.3, -0.25) is 4.79 Å². The second-order valence-corrected chi connectivity index (χ2v) is 4.68. The molecule has 1 N–H and O–H groups in total. The lowest BCUT2D eigenvalue weighted by atomic mass is 10.1. The molecule has 0 spiro atoms. The Hall–Kier alpha value is -1.11. The molecular weight excluding hydrogens is 321 g/mol. The lowest BCUT2D eigenvalue weighted by molar-refractivity contribution is -0.115. The van der Waals surface area contributed by atoms with Crippen molar-refractivity contribution in [1.82, 2.24) is 0 Å². The predicted molar refractivity (Wildman–Crippen MR) is 67.4 cm³/mol. The van der Waals surface area contributed by atoms with Gasteiger partial charge in [0.15, 0.2) is 0 Å². The summed E-state index contributed by atoms with van der Waals surface area (Å²) in [7, 11) is 0. The number of carbonyl (C=O) groups excluding carboxylic acids is 2. The van der Waals surface area contributed by atoms with E-state index in [1.165, 1.54) is 0 Å². The van der Waals surface area contributed by atoms with E-state index in [1.807, 2.05) is 6.07 Å². The number of ether oxygens (including phenoxy) is 1. The maximum Gasteiger partial charge on any atom is 0.340 e. The number of anilines is 1. The Balaban J connectivity index is 2.46. The first-order valence-corrected chi connectivity index (χ1v) is 5.99. The highest BCUT2D eigenvalue weighted by Crippen LogP contribution is 2.30. The molecule has 84 valence electrons. The topological polar surface area (TPSA) is 55.4 Å². The fourth-order valence-electron chi connectivity index (χ4n) is 1.68. The van der Waals surface area contributed by atoms with E-state index in [4.69, 9.17) is 4.74 Å². The lowest BCUT2D eigenvalue weighted by Crippen LogP contribution is -2.10. The summed E-state index contributed by atoms with van der Waals surface area (Å²) in [6, 6.07) is 3.62. The first-order chi connectivity index (χ1) is 7.61. The Kier molecular flexibility index (Phi) is 3.13. The molecule has 5 heteroatoms. The van der Waals surface area contributed by atoms with Crippen LogP contribution in [0.3, 0.4) is 0 Å². The molecule has 1 amide bonds. The van der Waals surface area contributed by atoms with Gasteiger partial charge in [-0.1, -0.05) is 0 Å². The molecule has 1 heterocycles. The van der Waals surface area contributed by atoms with E-state index in [0.717, 1.165) is 9.13 Å². The van der Waals surface area contributed by atoms with E-state index in [0.29, 0.717) is 24.3 Å². The number of hydrogen-bond donors (Lipinski definition) is 1. The third-order valence-electron chi connectivity index (χ3n) is 2.30. The first kappa shape index (κ1) is 11.4. The normalized spacial score (nSPS) is 13.2. The van der Waals surface area contributed by atoms with Gasteiger partial charge in [0.1, 0.15) is 0 Å². The predicted octanol–water partition coefficient (Wildman–Crippen LogP) is 1.96. The first-order valence-electron chi connectivity index (χ1n) is 4.91. The molecule has 1 aromatic carbocycles. The molecule has 0 unspecified atom stereocenters. The molecule has 2 rings (SSSR count). The van der Waals surface area contributed by atoms with Crippen LogP contribution < -0.4 is 5.32 Å². The van der Waals surface area contributed by atoms with Gasteiger partial charge in [0, 0.05) is 3.57 Å². The quantitative estimate of drug-likeness (QED) is 0.666. The highest BCUT2D eigenvalue weighted by atomic mass is 127. The number of benzene rings is 1. The number of hydrogen-bond acceptors (Lipinski definition) is 3. The molecule has 16 heavy (non-hydrogen) atoms. The second-order valence-electron chi connectivity index (χ2n) is 3.43.